The minimum Gasteiger partial charge on any atom is -0.481 e. The summed E-state index contributed by atoms with van der Waals surface area (Å²) in [6, 6.07) is 0. The van der Waals surface area contributed by atoms with Crippen molar-refractivity contribution >= 4 is 11.9 Å². The fraction of sp³-hybridized carbons (Fsp3) is 0.846. The molecule has 4 heteroatoms. The second-order valence-electron chi connectivity index (χ2n) is 5.92. The first-order valence-electron chi connectivity index (χ1n) is 6.66. The third-order valence-corrected chi connectivity index (χ3v) is 4.09. The summed E-state index contributed by atoms with van der Waals surface area (Å²) in [5, 5.41) is 8.87. The van der Waals surface area contributed by atoms with Crippen molar-refractivity contribution in [1.82, 2.24) is 4.90 Å². The van der Waals surface area contributed by atoms with Crippen LogP contribution in [0.15, 0.2) is 0 Å². The molecular weight excluding hydrogens is 218 g/mol. The Balaban J connectivity index is 1.57. The lowest BCUT2D eigenvalue weighted by molar-refractivity contribution is -0.142. The zero-order valence-corrected chi connectivity index (χ0v) is 9.97. The summed E-state index contributed by atoms with van der Waals surface area (Å²) in [6.07, 6.45) is 5.51. The van der Waals surface area contributed by atoms with Gasteiger partial charge in [-0.25, -0.2) is 0 Å². The van der Waals surface area contributed by atoms with Gasteiger partial charge in [0.15, 0.2) is 0 Å². The van der Waals surface area contributed by atoms with E-state index in [1.54, 1.807) is 0 Å². The largest absolute Gasteiger partial charge is 0.481 e. The maximum absolute atomic E-state index is 12.2. The third-order valence-electron chi connectivity index (χ3n) is 4.09. The Labute approximate surface area is 101 Å². The van der Waals surface area contributed by atoms with E-state index in [1.165, 1.54) is 25.7 Å². The van der Waals surface area contributed by atoms with Gasteiger partial charge in [0, 0.05) is 13.1 Å². The average Bonchev–Trinajstić information content (AvgIpc) is 3.12. The van der Waals surface area contributed by atoms with Crippen LogP contribution < -0.4 is 0 Å². The van der Waals surface area contributed by atoms with E-state index in [0.717, 1.165) is 13.1 Å². The first kappa shape index (κ1) is 11.1. The van der Waals surface area contributed by atoms with E-state index in [9.17, 15) is 9.59 Å². The lowest BCUT2D eigenvalue weighted by Gasteiger charge is -2.22. The van der Waals surface area contributed by atoms with Crippen molar-refractivity contribution in [3.05, 3.63) is 0 Å². The Morgan fingerprint density at radius 2 is 1.53 bits per heavy atom. The molecule has 3 aliphatic rings. The van der Waals surface area contributed by atoms with Gasteiger partial charge in [0.1, 0.15) is 0 Å². The van der Waals surface area contributed by atoms with Crippen LogP contribution in [0.1, 0.15) is 32.1 Å². The number of carboxylic acids is 1. The van der Waals surface area contributed by atoms with Crippen LogP contribution in [0.3, 0.4) is 0 Å². The average molecular weight is 237 g/mol. The molecular formula is C13H19NO3. The Hall–Kier alpha value is -1.06. The zero-order chi connectivity index (χ0) is 12.0. The second-order valence-corrected chi connectivity index (χ2v) is 5.92. The van der Waals surface area contributed by atoms with Crippen molar-refractivity contribution in [1.29, 1.82) is 0 Å². The molecule has 17 heavy (non-hydrogen) atoms. The number of carbonyl (C=O) groups excluding carboxylic acids is 1. The van der Waals surface area contributed by atoms with Crippen molar-refractivity contribution in [3.63, 3.8) is 0 Å². The number of amides is 1. The molecule has 0 bridgehead atoms. The van der Waals surface area contributed by atoms with Gasteiger partial charge in [-0.1, -0.05) is 0 Å². The van der Waals surface area contributed by atoms with E-state index in [2.05, 4.69) is 0 Å². The SMILES string of the molecule is O=C(O)[C@H]1C[C@H]1C(=O)N(CC1CC1)CC1CC1. The number of hydrogen-bond acceptors (Lipinski definition) is 2. The number of carbonyl (C=O) groups is 2. The highest BCUT2D eigenvalue weighted by Crippen LogP contribution is 2.42. The van der Waals surface area contributed by atoms with Crippen LogP contribution in [0.4, 0.5) is 0 Å². The molecule has 0 spiro atoms. The van der Waals surface area contributed by atoms with Gasteiger partial charge in [-0.2, -0.15) is 0 Å². The van der Waals surface area contributed by atoms with Crippen LogP contribution >= 0.6 is 0 Å². The lowest BCUT2D eigenvalue weighted by Crippen LogP contribution is -2.36. The van der Waals surface area contributed by atoms with Crippen LogP contribution in [-0.2, 0) is 9.59 Å². The molecule has 0 heterocycles. The minimum atomic E-state index is -0.804. The monoisotopic (exact) mass is 237 g/mol. The van der Waals surface area contributed by atoms with E-state index in [4.69, 9.17) is 5.11 Å². The van der Waals surface area contributed by atoms with Gasteiger partial charge in [-0.05, 0) is 43.9 Å². The van der Waals surface area contributed by atoms with Crippen LogP contribution in [0, 0.1) is 23.7 Å². The number of hydrogen-bond donors (Lipinski definition) is 1. The third kappa shape index (κ3) is 2.61. The van der Waals surface area contributed by atoms with Crippen LogP contribution in [0.2, 0.25) is 0 Å². The number of aliphatic carboxylic acids is 1. The molecule has 94 valence electrons. The lowest BCUT2D eigenvalue weighted by atomic mass is 10.2. The number of nitrogens with zero attached hydrogens (tertiary/aromatic N) is 1. The molecule has 0 unspecified atom stereocenters. The molecule has 0 radical (unpaired) electrons. The predicted octanol–water partition coefficient (Wildman–Crippen LogP) is 1.36. The summed E-state index contributed by atoms with van der Waals surface area (Å²) in [4.78, 5) is 25.0. The molecule has 1 N–H and O–H groups in total. The zero-order valence-electron chi connectivity index (χ0n) is 9.97. The van der Waals surface area contributed by atoms with Crippen molar-refractivity contribution in [2.24, 2.45) is 23.7 Å². The van der Waals surface area contributed by atoms with Crippen molar-refractivity contribution in [3.8, 4) is 0 Å². The summed E-state index contributed by atoms with van der Waals surface area (Å²) in [6.45, 7) is 1.75. The standard InChI is InChI=1S/C13H19NO3/c15-12(10-5-11(10)13(16)17)14(6-8-1-2-8)7-9-3-4-9/h8-11H,1-7H2,(H,16,17)/t10-,11+/m1/s1. The van der Waals surface area contributed by atoms with Crippen LogP contribution in [0.5, 0.6) is 0 Å². The molecule has 4 nitrogen and oxygen atoms in total. The fourth-order valence-electron chi connectivity index (χ4n) is 2.45. The second kappa shape index (κ2) is 4.00. The summed E-state index contributed by atoms with van der Waals surface area (Å²) < 4.78 is 0. The Kier molecular flexibility index (Phi) is 2.60. The number of rotatable bonds is 6. The summed E-state index contributed by atoms with van der Waals surface area (Å²) in [5.41, 5.74) is 0. The molecule has 3 saturated carbocycles. The first-order valence-corrected chi connectivity index (χ1v) is 6.66. The van der Waals surface area contributed by atoms with Gasteiger partial charge in [-0.3, -0.25) is 9.59 Å². The molecule has 0 aromatic carbocycles. The van der Waals surface area contributed by atoms with Gasteiger partial charge in [0.2, 0.25) is 5.91 Å². The molecule has 3 fully saturated rings. The predicted molar refractivity (Wildman–Crippen MR) is 61.3 cm³/mol. The maximum Gasteiger partial charge on any atom is 0.307 e. The Morgan fingerprint density at radius 3 is 1.88 bits per heavy atom. The molecule has 0 saturated heterocycles. The van der Waals surface area contributed by atoms with Gasteiger partial charge >= 0.3 is 5.97 Å². The van der Waals surface area contributed by atoms with Crippen molar-refractivity contribution < 1.29 is 14.7 Å². The minimum absolute atomic E-state index is 0.108. The quantitative estimate of drug-likeness (QED) is 0.758. The summed E-state index contributed by atoms with van der Waals surface area (Å²) in [7, 11) is 0. The molecule has 0 aliphatic heterocycles. The first-order chi connectivity index (χ1) is 8.15. The molecule has 2 atom stereocenters. The highest BCUT2D eigenvalue weighted by molar-refractivity contribution is 5.89. The molecule has 3 aliphatic carbocycles. The smallest absolute Gasteiger partial charge is 0.307 e. The highest BCUT2D eigenvalue weighted by Gasteiger charge is 2.50. The van der Waals surface area contributed by atoms with Crippen LogP contribution in [-0.4, -0.2) is 35.0 Å². The highest BCUT2D eigenvalue weighted by atomic mass is 16.4. The number of carboxylic acid groups (broad SMARTS) is 1. The topological polar surface area (TPSA) is 57.6 Å². The maximum atomic E-state index is 12.2. The van der Waals surface area contributed by atoms with Gasteiger partial charge in [0.05, 0.1) is 11.8 Å². The summed E-state index contributed by atoms with van der Waals surface area (Å²) >= 11 is 0. The molecule has 1 amide bonds. The van der Waals surface area contributed by atoms with Crippen molar-refractivity contribution in [2.45, 2.75) is 32.1 Å². The van der Waals surface area contributed by atoms with Gasteiger partial charge < -0.3 is 10.0 Å². The molecule has 0 aromatic rings. The molecule has 3 rings (SSSR count). The van der Waals surface area contributed by atoms with Crippen LogP contribution in [0.25, 0.3) is 0 Å². The fourth-order valence-corrected chi connectivity index (χ4v) is 2.45. The van der Waals surface area contributed by atoms with E-state index in [0.29, 0.717) is 18.3 Å². The molecule has 0 aromatic heterocycles. The van der Waals surface area contributed by atoms with Crippen molar-refractivity contribution in [2.75, 3.05) is 13.1 Å². The van der Waals surface area contributed by atoms with E-state index >= 15 is 0 Å². The van der Waals surface area contributed by atoms with E-state index in [1.807, 2.05) is 4.90 Å². The van der Waals surface area contributed by atoms with Gasteiger partial charge in [-0.15, -0.1) is 0 Å². The van der Waals surface area contributed by atoms with E-state index < -0.39 is 11.9 Å². The Bertz CT molecular complexity index is 333. The van der Waals surface area contributed by atoms with E-state index in [-0.39, 0.29) is 11.8 Å². The Morgan fingerprint density at radius 1 is 1.00 bits per heavy atom. The van der Waals surface area contributed by atoms with Gasteiger partial charge in [0.25, 0.3) is 0 Å². The normalized spacial score (nSPS) is 31.1. The summed E-state index contributed by atoms with van der Waals surface area (Å²) in [5.74, 6) is 0.0743.